The van der Waals surface area contributed by atoms with Crippen LogP contribution < -0.4 is 26.9 Å². The number of rotatable bonds is 3. The molecule has 3 aliphatic rings. The number of hydrogen-bond acceptors (Lipinski definition) is 8. The number of nitrogens with two attached hydrogens (primary N) is 1. The van der Waals surface area contributed by atoms with Gasteiger partial charge in [0.15, 0.2) is 0 Å². The first-order chi connectivity index (χ1) is 14.6. The third-order valence-corrected chi connectivity index (χ3v) is 5.91. The van der Waals surface area contributed by atoms with E-state index in [9.17, 15) is 0 Å². The van der Waals surface area contributed by atoms with Crippen LogP contribution in [0.1, 0.15) is 24.0 Å². The Morgan fingerprint density at radius 1 is 1.17 bits per heavy atom. The molecule has 0 aliphatic carbocycles. The molecule has 2 aromatic rings. The summed E-state index contributed by atoms with van der Waals surface area (Å²) < 4.78 is 12.8. The molecule has 9 heteroatoms. The fourth-order valence-corrected chi connectivity index (χ4v) is 4.25. The zero-order valence-electron chi connectivity index (χ0n) is 17.3. The minimum atomic E-state index is -0.963. The summed E-state index contributed by atoms with van der Waals surface area (Å²) in [6.45, 7) is 6.79. The molecule has 0 saturated carbocycles. The van der Waals surface area contributed by atoms with Gasteiger partial charge in [-0.15, -0.1) is 0 Å². The molecule has 2 saturated heterocycles. The molecule has 5 heterocycles. The standard InChI is InChI=1S/C21H29N7O2/c1-15-13-16(14-23-20(15)27-7-11-30-12-8-27)21(22)25-19-4-2-3-18(28(19)26-21)24-17-5-9-29-10-6-17/h2-4,13-14,17,25-26H,5-12,22H2,1H3. The zero-order valence-corrected chi connectivity index (χ0v) is 17.3. The largest absolute Gasteiger partial charge is 0.381 e. The molecule has 160 valence electrons. The molecule has 0 spiro atoms. The monoisotopic (exact) mass is 411 g/mol. The van der Waals surface area contributed by atoms with Gasteiger partial charge in [-0.05, 0) is 43.5 Å². The van der Waals surface area contributed by atoms with E-state index in [2.05, 4.69) is 28.6 Å². The average molecular weight is 412 g/mol. The van der Waals surface area contributed by atoms with Crippen molar-refractivity contribution in [3.63, 3.8) is 0 Å². The molecule has 2 fully saturated rings. The van der Waals surface area contributed by atoms with Gasteiger partial charge >= 0.3 is 0 Å². The molecule has 30 heavy (non-hydrogen) atoms. The lowest BCUT2D eigenvalue weighted by molar-refractivity contribution is 0.0861. The SMILES string of the molecule is Cc1cc(C2(N)Nc3cccc(=NC4CCOCC4)n3N2)cnc1N1CCOCC1. The third-order valence-electron chi connectivity index (χ3n) is 5.91. The smallest absolute Gasteiger partial charge is 0.205 e. The highest BCUT2D eigenvalue weighted by atomic mass is 16.5. The first kappa shape index (κ1) is 19.3. The number of morpholine rings is 1. The number of ether oxygens (including phenoxy) is 2. The number of aryl methyl sites for hydroxylation is 1. The molecule has 0 bridgehead atoms. The van der Waals surface area contributed by atoms with E-state index in [0.717, 1.165) is 80.6 Å². The quantitative estimate of drug-likeness (QED) is 0.688. The number of aromatic nitrogens is 2. The van der Waals surface area contributed by atoms with Crippen molar-refractivity contribution in [1.29, 1.82) is 0 Å². The molecule has 5 rings (SSSR count). The highest BCUT2D eigenvalue weighted by Crippen LogP contribution is 2.28. The summed E-state index contributed by atoms with van der Waals surface area (Å²) >= 11 is 0. The lowest BCUT2D eigenvalue weighted by atomic mass is 10.1. The fraction of sp³-hybridized carbons (Fsp3) is 0.524. The summed E-state index contributed by atoms with van der Waals surface area (Å²) in [4.78, 5) is 11.9. The second-order valence-corrected chi connectivity index (χ2v) is 8.09. The molecule has 0 aromatic carbocycles. The number of hydrogen-bond donors (Lipinski definition) is 3. The Labute approximate surface area is 175 Å². The van der Waals surface area contributed by atoms with Gasteiger partial charge in [-0.3, -0.25) is 16.2 Å². The van der Waals surface area contributed by atoms with Crippen molar-refractivity contribution in [3.05, 3.63) is 47.1 Å². The lowest BCUT2D eigenvalue weighted by Crippen LogP contribution is -2.50. The van der Waals surface area contributed by atoms with Gasteiger partial charge in [-0.1, -0.05) is 6.07 Å². The van der Waals surface area contributed by atoms with Crippen LogP contribution in [0.4, 0.5) is 11.6 Å². The first-order valence-corrected chi connectivity index (χ1v) is 10.6. The molecular formula is C21H29N7O2. The summed E-state index contributed by atoms with van der Waals surface area (Å²) in [6.07, 6.45) is 3.73. The molecular weight excluding hydrogens is 382 g/mol. The normalized spacial score (nSPS) is 25.0. The number of nitrogens with zero attached hydrogens (tertiary/aromatic N) is 4. The van der Waals surface area contributed by atoms with E-state index in [1.54, 1.807) is 0 Å². The minimum absolute atomic E-state index is 0.268. The Balaban J connectivity index is 1.42. The van der Waals surface area contributed by atoms with Gasteiger partial charge in [0.2, 0.25) is 5.79 Å². The highest BCUT2D eigenvalue weighted by Gasteiger charge is 2.35. The summed E-state index contributed by atoms with van der Waals surface area (Å²) in [5, 5.41) is 3.40. The van der Waals surface area contributed by atoms with Crippen molar-refractivity contribution in [2.45, 2.75) is 31.6 Å². The molecule has 4 N–H and O–H groups in total. The second kappa shape index (κ2) is 7.90. The van der Waals surface area contributed by atoms with E-state index in [-0.39, 0.29) is 6.04 Å². The van der Waals surface area contributed by atoms with E-state index in [1.165, 1.54) is 0 Å². The second-order valence-electron chi connectivity index (χ2n) is 8.09. The molecule has 9 nitrogen and oxygen atoms in total. The fourth-order valence-electron chi connectivity index (χ4n) is 4.25. The van der Waals surface area contributed by atoms with Crippen LogP contribution in [-0.2, 0) is 15.3 Å². The van der Waals surface area contributed by atoms with Gasteiger partial charge in [0, 0.05) is 38.1 Å². The Hall–Kier alpha value is -2.62. The van der Waals surface area contributed by atoms with Crippen molar-refractivity contribution < 1.29 is 9.47 Å². The first-order valence-electron chi connectivity index (χ1n) is 10.6. The van der Waals surface area contributed by atoms with Crippen LogP contribution in [0.3, 0.4) is 0 Å². The van der Waals surface area contributed by atoms with Crippen LogP contribution in [0.5, 0.6) is 0 Å². The van der Waals surface area contributed by atoms with E-state index < -0.39 is 5.79 Å². The van der Waals surface area contributed by atoms with Crippen molar-refractivity contribution >= 4 is 11.6 Å². The average Bonchev–Trinajstić information content (AvgIpc) is 3.14. The van der Waals surface area contributed by atoms with Crippen molar-refractivity contribution in [3.8, 4) is 0 Å². The maximum absolute atomic E-state index is 6.75. The van der Waals surface area contributed by atoms with Crippen LogP contribution in [0.25, 0.3) is 0 Å². The van der Waals surface area contributed by atoms with Gasteiger partial charge < -0.3 is 19.7 Å². The lowest BCUT2D eigenvalue weighted by Gasteiger charge is -2.30. The molecule has 1 unspecified atom stereocenters. The summed E-state index contributed by atoms with van der Waals surface area (Å²) in [5.74, 6) is 0.903. The van der Waals surface area contributed by atoms with Gasteiger partial charge in [0.25, 0.3) is 0 Å². The molecule has 2 aromatic heterocycles. The van der Waals surface area contributed by atoms with Crippen molar-refractivity contribution in [2.75, 3.05) is 55.2 Å². The Morgan fingerprint density at radius 3 is 2.70 bits per heavy atom. The molecule has 3 aliphatic heterocycles. The van der Waals surface area contributed by atoms with Crippen LogP contribution in [0.2, 0.25) is 0 Å². The zero-order chi connectivity index (χ0) is 20.6. The molecule has 0 amide bonds. The maximum Gasteiger partial charge on any atom is 0.205 e. The van der Waals surface area contributed by atoms with Crippen LogP contribution in [0.15, 0.2) is 35.5 Å². The number of nitrogens with one attached hydrogen (secondary N) is 2. The molecule has 1 atom stereocenters. The minimum Gasteiger partial charge on any atom is -0.381 e. The van der Waals surface area contributed by atoms with Gasteiger partial charge in [-0.2, -0.15) is 0 Å². The van der Waals surface area contributed by atoms with Crippen LogP contribution in [0, 0.1) is 6.92 Å². The number of anilines is 2. The number of fused-ring (bicyclic) bond motifs is 1. The van der Waals surface area contributed by atoms with Gasteiger partial charge in [0.1, 0.15) is 17.1 Å². The van der Waals surface area contributed by atoms with Crippen molar-refractivity contribution in [2.24, 2.45) is 10.7 Å². The van der Waals surface area contributed by atoms with Gasteiger partial charge in [0.05, 0.1) is 19.3 Å². The van der Waals surface area contributed by atoms with Crippen LogP contribution >= 0.6 is 0 Å². The van der Waals surface area contributed by atoms with Crippen LogP contribution in [-0.4, -0.2) is 55.2 Å². The van der Waals surface area contributed by atoms with Crippen molar-refractivity contribution in [1.82, 2.24) is 9.66 Å². The highest BCUT2D eigenvalue weighted by molar-refractivity contribution is 5.53. The van der Waals surface area contributed by atoms with E-state index in [4.69, 9.17) is 25.2 Å². The predicted molar refractivity (Wildman–Crippen MR) is 115 cm³/mol. The summed E-state index contributed by atoms with van der Waals surface area (Å²) in [6, 6.07) is 8.36. The third kappa shape index (κ3) is 3.64. The molecule has 0 radical (unpaired) electrons. The van der Waals surface area contributed by atoms with E-state index >= 15 is 0 Å². The van der Waals surface area contributed by atoms with E-state index in [0.29, 0.717) is 0 Å². The maximum atomic E-state index is 6.75. The Bertz CT molecular complexity index is 980. The Kier molecular flexibility index (Phi) is 5.10. The summed E-state index contributed by atoms with van der Waals surface area (Å²) in [5.41, 5.74) is 13.0. The van der Waals surface area contributed by atoms with Gasteiger partial charge in [-0.25, -0.2) is 9.66 Å². The topological polar surface area (TPSA) is 102 Å². The number of pyridine rings is 2. The predicted octanol–water partition coefficient (Wildman–Crippen LogP) is 0.846. The van der Waals surface area contributed by atoms with E-state index in [1.807, 2.05) is 29.1 Å². The summed E-state index contributed by atoms with van der Waals surface area (Å²) in [7, 11) is 0. The Morgan fingerprint density at radius 2 is 1.93 bits per heavy atom.